The molecule has 0 radical (unpaired) electrons. The number of carbonyl (C=O) groups is 1. The second-order valence-electron chi connectivity index (χ2n) is 3.89. The topological polar surface area (TPSA) is 40.5 Å². The third-order valence-electron chi connectivity index (χ3n) is 2.69. The molecule has 1 atom stereocenters. The number of anilines is 1. The van der Waals surface area contributed by atoms with Crippen LogP contribution in [0, 0.1) is 5.92 Å². The van der Waals surface area contributed by atoms with Gasteiger partial charge in [0, 0.05) is 18.0 Å². The van der Waals surface area contributed by atoms with Gasteiger partial charge in [-0.25, -0.2) is 0 Å². The highest BCUT2D eigenvalue weighted by atomic mass is 35.5. The van der Waals surface area contributed by atoms with Gasteiger partial charge in [-0.2, -0.15) is 12.6 Å². The number of phenols is 1. The highest BCUT2D eigenvalue weighted by Gasteiger charge is 2.31. The lowest BCUT2D eigenvalue weighted by Crippen LogP contribution is -2.24. The number of thiol groups is 1. The average molecular weight is 258 g/mol. The molecule has 86 valence electrons. The lowest BCUT2D eigenvalue weighted by molar-refractivity contribution is -0.117. The van der Waals surface area contributed by atoms with Crippen LogP contribution in [0.2, 0.25) is 5.02 Å². The number of nitrogens with zero attached hydrogens (tertiary/aromatic N) is 1. The van der Waals surface area contributed by atoms with E-state index in [0.29, 0.717) is 29.4 Å². The molecule has 1 N–H and O–H groups in total. The molecular formula is C11H12ClNO2S. The summed E-state index contributed by atoms with van der Waals surface area (Å²) >= 11 is 10.0. The molecule has 1 aliphatic heterocycles. The summed E-state index contributed by atoms with van der Waals surface area (Å²) in [4.78, 5) is 13.3. The van der Waals surface area contributed by atoms with Gasteiger partial charge in [-0.15, -0.1) is 0 Å². The van der Waals surface area contributed by atoms with Gasteiger partial charge in [0.15, 0.2) is 0 Å². The van der Waals surface area contributed by atoms with Gasteiger partial charge < -0.3 is 10.0 Å². The smallest absolute Gasteiger partial charge is 0.227 e. The number of benzene rings is 1. The molecule has 1 amide bonds. The Morgan fingerprint density at radius 3 is 2.94 bits per heavy atom. The Bertz CT molecular complexity index is 424. The number of halogens is 1. The fraction of sp³-hybridized carbons (Fsp3) is 0.364. The van der Waals surface area contributed by atoms with Crippen LogP contribution in [-0.2, 0) is 4.79 Å². The van der Waals surface area contributed by atoms with Crippen molar-refractivity contribution in [3.63, 3.8) is 0 Å². The van der Waals surface area contributed by atoms with Crippen LogP contribution < -0.4 is 4.90 Å². The summed E-state index contributed by atoms with van der Waals surface area (Å²) in [6.45, 7) is 0.593. The lowest BCUT2D eigenvalue weighted by atomic mass is 10.1. The van der Waals surface area contributed by atoms with Crippen LogP contribution in [0.4, 0.5) is 5.69 Å². The molecule has 0 aliphatic carbocycles. The van der Waals surface area contributed by atoms with Crippen LogP contribution in [0.1, 0.15) is 6.42 Å². The molecule has 0 saturated carbocycles. The SMILES string of the molecule is O=C1CC(CS)CN1c1cc(Cl)ccc1O. The molecule has 16 heavy (non-hydrogen) atoms. The Hall–Kier alpha value is -0.870. The summed E-state index contributed by atoms with van der Waals surface area (Å²) in [6, 6.07) is 4.70. The summed E-state index contributed by atoms with van der Waals surface area (Å²) in [5.74, 6) is 1.01. The van der Waals surface area contributed by atoms with Gasteiger partial charge in [0.25, 0.3) is 0 Å². The average Bonchev–Trinajstić information content (AvgIpc) is 2.63. The second-order valence-corrected chi connectivity index (χ2v) is 4.69. The van der Waals surface area contributed by atoms with E-state index in [2.05, 4.69) is 12.6 Å². The van der Waals surface area contributed by atoms with Crippen LogP contribution in [0.15, 0.2) is 18.2 Å². The van der Waals surface area contributed by atoms with Crippen molar-refractivity contribution in [3.05, 3.63) is 23.2 Å². The molecule has 1 heterocycles. The van der Waals surface area contributed by atoms with Crippen LogP contribution in [0.25, 0.3) is 0 Å². The minimum absolute atomic E-state index is 0.0108. The first kappa shape index (κ1) is 11.6. The number of rotatable bonds is 2. The number of aromatic hydroxyl groups is 1. The minimum atomic E-state index is 0.0108. The van der Waals surface area contributed by atoms with E-state index in [0.717, 1.165) is 0 Å². The third kappa shape index (κ3) is 2.13. The molecule has 2 rings (SSSR count). The minimum Gasteiger partial charge on any atom is -0.506 e. The van der Waals surface area contributed by atoms with Crippen molar-refractivity contribution in [3.8, 4) is 5.75 Å². The van der Waals surface area contributed by atoms with Gasteiger partial charge in [-0.1, -0.05) is 11.6 Å². The van der Waals surface area contributed by atoms with E-state index in [-0.39, 0.29) is 17.6 Å². The predicted molar refractivity (Wildman–Crippen MR) is 67.4 cm³/mol. The molecule has 1 aliphatic rings. The molecule has 0 spiro atoms. The molecule has 3 nitrogen and oxygen atoms in total. The molecule has 1 saturated heterocycles. The standard InChI is InChI=1S/C11H12ClNO2S/c12-8-1-2-10(14)9(4-8)13-5-7(6-16)3-11(13)15/h1-2,4,7,14,16H,3,5-6H2. The summed E-state index contributed by atoms with van der Waals surface area (Å²) in [7, 11) is 0. The summed E-state index contributed by atoms with van der Waals surface area (Å²) in [5, 5.41) is 10.2. The first-order valence-corrected chi connectivity index (χ1v) is 6.02. The molecule has 5 heteroatoms. The van der Waals surface area contributed by atoms with E-state index >= 15 is 0 Å². The first-order valence-electron chi connectivity index (χ1n) is 5.01. The molecule has 1 aromatic carbocycles. The van der Waals surface area contributed by atoms with Crippen molar-refractivity contribution in [2.24, 2.45) is 5.92 Å². The van der Waals surface area contributed by atoms with Gasteiger partial charge in [-0.05, 0) is 29.9 Å². The fourth-order valence-electron chi connectivity index (χ4n) is 1.85. The Labute approximate surface area is 104 Å². The van der Waals surface area contributed by atoms with Gasteiger partial charge in [0.05, 0.1) is 5.69 Å². The summed E-state index contributed by atoms with van der Waals surface area (Å²) in [5.41, 5.74) is 0.488. The summed E-state index contributed by atoms with van der Waals surface area (Å²) < 4.78 is 0. The van der Waals surface area contributed by atoms with Gasteiger partial charge in [0.1, 0.15) is 5.75 Å². The Morgan fingerprint density at radius 2 is 2.31 bits per heavy atom. The molecule has 1 aromatic rings. The molecule has 1 unspecified atom stereocenters. The number of hydrogen-bond acceptors (Lipinski definition) is 3. The first-order chi connectivity index (χ1) is 7.61. The number of carbonyl (C=O) groups excluding carboxylic acids is 1. The normalized spacial score (nSPS) is 20.5. The van der Waals surface area contributed by atoms with Crippen LogP contribution in [-0.4, -0.2) is 23.3 Å². The summed E-state index contributed by atoms with van der Waals surface area (Å²) in [6.07, 6.45) is 0.482. The molecule has 0 bridgehead atoms. The van der Waals surface area contributed by atoms with Crippen LogP contribution in [0.3, 0.4) is 0 Å². The number of phenolic OH excluding ortho intramolecular Hbond substituents is 1. The fourth-order valence-corrected chi connectivity index (χ4v) is 2.26. The van der Waals surface area contributed by atoms with Crippen molar-refractivity contribution in [1.82, 2.24) is 0 Å². The largest absolute Gasteiger partial charge is 0.506 e. The highest BCUT2D eigenvalue weighted by Crippen LogP contribution is 2.34. The maximum atomic E-state index is 11.7. The molecule has 0 aromatic heterocycles. The van der Waals surface area contributed by atoms with Crippen LogP contribution in [0.5, 0.6) is 5.75 Å². The van der Waals surface area contributed by atoms with Gasteiger partial charge in [0.2, 0.25) is 5.91 Å². The van der Waals surface area contributed by atoms with Crippen molar-refractivity contribution < 1.29 is 9.90 Å². The predicted octanol–water partition coefficient (Wildman–Crippen LogP) is 2.33. The van der Waals surface area contributed by atoms with Crippen molar-refractivity contribution in [2.45, 2.75) is 6.42 Å². The van der Waals surface area contributed by atoms with E-state index in [9.17, 15) is 9.90 Å². The maximum Gasteiger partial charge on any atom is 0.227 e. The molecule has 1 fully saturated rings. The zero-order valence-electron chi connectivity index (χ0n) is 8.56. The van der Waals surface area contributed by atoms with Gasteiger partial charge in [-0.3, -0.25) is 4.79 Å². The third-order valence-corrected chi connectivity index (χ3v) is 3.44. The van der Waals surface area contributed by atoms with Crippen molar-refractivity contribution >= 4 is 35.8 Å². The lowest BCUT2D eigenvalue weighted by Gasteiger charge is -2.18. The van der Waals surface area contributed by atoms with E-state index in [1.807, 2.05) is 0 Å². The number of amides is 1. The van der Waals surface area contributed by atoms with Crippen molar-refractivity contribution in [1.29, 1.82) is 0 Å². The monoisotopic (exact) mass is 257 g/mol. The van der Waals surface area contributed by atoms with E-state index in [1.165, 1.54) is 6.07 Å². The van der Waals surface area contributed by atoms with E-state index < -0.39 is 0 Å². The second kappa shape index (κ2) is 4.55. The van der Waals surface area contributed by atoms with Gasteiger partial charge >= 0.3 is 0 Å². The highest BCUT2D eigenvalue weighted by molar-refractivity contribution is 7.80. The van der Waals surface area contributed by atoms with E-state index in [4.69, 9.17) is 11.6 Å². The number of hydrogen-bond donors (Lipinski definition) is 2. The maximum absolute atomic E-state index is 11.7. The van der Waals surface area contributed by atoms with E-state index in [1.54, 1.807) is 17.0 Å². The van der Waals surface area contributed by atoms with Crippen molar-refractivity contribution in [2.75, 3.05) is 17.2 Å². The Kier molecular flexibility index (Phi) is 3.30. The zero-order valence-corrected chi connectivity index (χ0v) is 10.2. The Morgan fingerprint density at radius 1 is 1.56 bits per heavy atom. The zero-order chi connectivity index (χ0) is 11.7. The molecular weight excluding hydrogens is 246 g/mol. The Balaban J connectivity index is 2.30. The van der Waals surface area contributed by atoms with Crippen LogP contribution >= 0.6 is 24.2 Å². The quantitative estimate of drug-likeness (QED) is 0.799.